The fourth-order valence-corrected chi connectivity index (χ4v) is 0.701. The molecule has 4 heteroatoms. The third-order valence-corrected chi connectivity index (χ3v) is 1.31. The zero-order valence-corrected chi connectivity index (χ0v) is 6.79. The summed E-state index contributed by atoms with van der Waals surface area (Å²) in [6.45, 7) is -0.0360. The maximum atomic E-state index is 8.64. The SMILES string of the molecule is Cl.N[C@@H](CO)c1cccnc1. The molecule has 1 aromatic rings. The number of rotatable bonds is 2. The first-order valence-corrected chi connectivity index (χ1v) is 3.11. The molecule has 3 nitrogen and oxygen atoms in total. The summed E-state index contributed by atoms with van der Waals surface area (Å²) < 4.78 is 0. The van der Waals surface area contributed by atoms with Crippen molar-refractivity contribution >= 4 is 12.4 Å². The van der Waals surface area contributed by atoms with Crippen LogP contribution in [0.1, 0.15) is 11.6 Å². The van der Waals surface area contributed by atoms with Crippen LogP contribution in [0, 0.1) is 0 Å². The van der Waals surface area contributed by atoms with Gasteiger partial charge in [0.15, 0.2) is 0 Å². The molecule has 1 atom stereocenters. The molecule has 3 N–H and O–H groups in total. The number of nitrogens with two attached hydrogens (primary N) is 1. The Hall–Kier alpha value is -0.640. The van der Waals surface area contributed by atoms with Crippen LogP contribution in [-0.4, -0.2) is 16.7 Å². The molecule has 0 amide bonds. The fourth-order valence-electron chi connectivity index (χ4n) is 0.701. The molecule has 62 valence electrons. The minimum atomic E-state index is -0.298. The Labute approximate surface area is 71.7 Å². The first-order chi connectivity index (χ1) is 4.84. The van der Waals surface area contributed by atoms with Gasteiger partial charge in [0.25, 0.3) is 0 Å². The van der Waals surface area contributed by atoms with Gasteiger partial charge in [0.2, 0.25) is 0 Å². The van der Waals surface area contributed by atoms with Crippen molar-refractivity contribution < 1.29 is 5.11 Å². The molecule has 1 heterocycles. The number of halogens is 1. The molecule has 0 saturated heterocycles. The molecular formula is C7H11ClN2O. The van der Waals surface area contributed by atoms with E-state index in [1.54, 1.807) is 18.5 Å². The Morgan fingerprint density at radius 1 is 1.64 bits per heavy atom. The summed E-state index contributed by atoms with van der Waals surface area (Å²) in [6.07, 6.45) is 3.33. The van der Waals surface area contributed by atoms with Gasteiger partial charge in [-0.15, -0.1) is 12.4 Å². The van der Waals surface area contributed by atoms with Gasteiger partial charge in [-0.2, -0.15) is 0 Å². The van der Waals surface area contributed by atoms with Gasteiger partial charge in [-0.3, -0.25) is 4.98 Å². The second-order valence-electron chi connectivity index (χ2n) is 2.08. The van der Waals surface area contributed by atoms with Gasteiger partial charge in [0.05, 0.1) is 12.6 Å². The maximum absolute atomic E-state index is 8.64. The molecule has 0 spiro atoms. The Morgan fingerprint density at radius 3 is 2.82 bits per heavy atom. The predicted molar refractivity (Wildman–Crippen MR) is 45.5 cm³/mol. The average Bonchev–Trinajstić information content (AvgIpc) is 2.05. The Balaban J connectivity index is 0.000001000. The summed E-state index contributed by atoms with van der Waals surface area (Å²) in [5.41, 5.74) is 6.37. The number of hydrogen-bond acceptors (Lipinski definition) is 3. The van der Waals surface area contributed by atoms with Crippen molar-refractivity contribution in [3.63, 3.8) is 0 Å². The minimum Gasteiger partial charge on any atom is -0.394 e. The second kappa shape index (κ2) is 5.07. The van der Waals surface area contributed by atoms with Crippen LogP contribution in [0.25, 0.3) is 0 Å². The van der Waals surface area contributed by atoms with Crippen molar-refractivity contribution in [2.45, 2.75) is 6.04 Å². The first-order valence-electron chi connectivity index (χ1n) is 3.11. The highest BCUT2D eigenvalue weighted by Crippen LogP contribution is 2.05. The molecule has 11 heavy (non-hydrogen) atoms. The summed E-state index contributed by atoms with van der Waals surface area (Å²) in [7, 11) is 0. The van der Waals surface area contributed by atoms with E-state index in [1.807, 2.05) is 6.07 Å². The number of hydrogen-bond donors (Lipinski definition) is 2. The van der Waals surface area contributed by atoms with Crippen LogP contribution >= 0.6 is 12.4 Å². The molecule has 0 aliphatic heterocycles. The average molecular weight is 175 g/mol. The Morgan fingerprint density at radius 2 is 2.36 bits per heavy atom. The van der Waals surface area contributed by atoms with Crippen molar-refractivity contribution in [1.29, 1.82) is 0 Å². The van der Waals surface area contributed by atoms with Gasteiger partial charge in [-0.05, 0) is 11.6 Å². The van der Waals surface area contributed by atoms with E-state index >= 15 is 0 Å². The lowest BCUT2D eigenvalue weighted by atomic mass is 10.1. The molecule has 1 aromatic heterocycles. The molecule has 0 radical (unpaired) electrons. The summed E-state index contributed by atoms with van der Waals surface area (Å²) in [6, 6.07) is 3.34. The molecule has 0 aromatic carbocycles. The van der Waals surface area contributed by atoms with Crippen LogP contribution in [-0.2, 0) is 0 Å². The molecule has 0 aliphatic rings. The summed E-state index contributed by atoms with van der Waals surface area (Å²) >= 11 is 0. The highest BCUT2D eigenvalue weighted by atomic mass is 35.5. The van der Waals surface area contributed by atoms with Gasteiger partial charge in [-0.25, -0.2) is 0 Å². The molecule has 0 aliphatic carbocycles. The Bertz CT molecular complexity index is 193. The van der Waals surface area contributed by atoms with Crippen molar-refractivity contribution in [1.82, 2.24) is 4.98 Å². The second-order valence-corrected chi connectivity index (χ2v) is 2.08. The van der Waals surface area contributed by atoms with Crippen molar-refractivity contribution in [2.24, 2.45) is 5.73 Å². The minimum absolute atomic E-state index is 0. The normalized spacial score (nSPS) is 11.8. The summed E-state index contributed by atoms with van der Waals surface area (Å²) in [5, 5.41) is 8.64. The number of aliphatic hydroxyl groups excluding tert-OH is 1. The van der Waals surface area contributed by atoms with E-state index < -0.39 is 0 Å². The number of nitrogens with zero attached hydrogens (tertiary/aromatic N) is 1. The quantitative estimate of drug-likeness (QED) is 0.687. The smallest absolute Gasteiger partial charge is 0.0624 e. The van der Waals surface area contributed by atoms with Gasteiger partial charge in [0, 0.05) is 12.4 Å². The number of pyridine rings is 1. The van der Waals surface area contributed by atoms with Gasteiger partial charge < -0.3 is 10.8 Å². The zero-order chi connectivity index (χ0) is 7.40. The van der Waals surface area contributed by atoms with E-state index in [4.69, 9.17) is 10.8 Å². The molecule has 0 fully saturated rings. The molecule has 0 unspecified atom stereocenters. The van der Waals surface area contributed by atoms with Crippen LogP contribution < -0.4 is 5.73 Å². The summed E-state index contributed by atoms with van der Waals surface area (Å²) in [4.78, 5) is 3.86. The number of aliphatic hydroxyl groups is 1. The van der Waals surface area contributed by atoms with Gasteiger partial charge >= 0.3 is 0 Å². The van der Waals surface area contributed by atoms with Crippen molar-refractivity contribution in [3.8, 4) is 0 Å². The van der Waals surface area contributed by atoms with Crippen molar-refractivity contribution in [3.05, 3.63) is 30.1 Å². The van der Waals surface area contributed by atoms with E-state index in [0.29, 0.717) is 0 Å². The van der Waals surface area contributed by atoms with Gasteiger partial charge in [-0.1, -0.05) is 6.07 Å². The van der Waals surface area contributed by atoms with Crippen molar-refractivity contribution in [2.75, 3.05) is 6.61 Å². The topological polar surface area (TPSA) is 59.1 Å². The van der Waals surface area contributed by atoms with Gasteiger partial charge in [0.1, 0.15) is 0 Å². The van der Waals surface area contributed by atoms with E-state index in [-0.39, 0.29) is 25.1 Å². The largest absolute Gasteiger partial charge is 0.394 e. The lowest BCUT2D eigenvalue weighted by Gasteiger charge is -2.05. The molecule has 0 saturated carbocycles. The monoisotopic (exact) mass is 174 g/mol. The standard InChI is InChI=1S/C7H10N2O.ClH/c8-7(5-10)6-2-1-3-9-4-6;/h1-4,7,10H,5,8H2;1H/t7-;/m0./s1. The zero-order valence-electron chi connectivity index (χ0n) is 5.97. The molecular weight excluding hydrogens is 164 g/mol. The Kier molecular flexibility index (Phi) is 4.77. The maximum Gasteiger partial charge on any atom is 0.0624 e. The van der Waals surface area contributed by atoms with E-state index in [0.717, 1.165) is 5.56 Å². The third kappa shape index (κ3) is 2.84. The third-order valence-electron chi connectivity index (χ3n) is 1.31. The van der Waals surface area contributed by atoms with Crippen LogP contribution in [0.5, 0.6) is 0 Å². The lowest BCUT2D eigenvalue weighted by molar-refractivity contribution is 0.268. The molecule has 0 bridgehead atoms. The molecule has 1 rings (SSSR count). The van der Waals surface area contributed by atoms with Crippen LogP contribution in [0.4, 0.5) is 0 Å². The lowest BCUT2D eigenvalue weighted by Crippen LogP contribution is -2.14. The first kappa shape index (κ1) is 10.4. The van der Waals surface area contributed by atoms with Crippen LogP contribution in [0.2, 0.25) is 0 Å². The highest BCUT2D eigenvalue weighted by molar-refractivity contribution is 5.85. The predicted octanol–water partition coefficient (Wildman–Crippen LogP) is 0.496. The van der Waals surface area contributed by atoms with E-state index in [2.05, 4.69) is 4.98 Å². The highest BCUT2D eigenvalue weighted by Gasteiger charge is 2.01. The van der Waals surface area contributed by atoms with Crippen LogP contribution in [0.15, 0.2) is 24.5 Å². The van der Waals surface area contributed by atoms with Crippen LogP contribution in [0.3, 0.4) is 0 Å². The van der Waals surface area contributed by atoms with E-state index in [1.165, 1.54) is 0 Å². The fraction of sp³-hybridized carbons (Fsp3) is 0.286. The number of aromatic nitrogens is 1. The van der Waals surface area contributed by atoms with E-state index in [9.17, 15) is 0 Å². The summed E-state index contributed by atoms with van der Waals surface area (Å²) in [5.74, 6) is 0.